The number of hydrogen-bond acceptors (Lipinski definition) is 5. The molecule has 1 unspecified atom stereocenters. The lowest BCUT2D eigenvalue weighted by Crippen LogP contribution is -2.36. The summed E-state index contributed by atoms with van der Waals surface area (Å²) in [5.41, 5.74) is 2.29. The maximum atomic E-state index is 5.47. The fourth-order valence-corrected chi connectivity index (χ4v) is 4.29. The van der Waals surface area contributed by atoms with Crippen molar-refractivity contribution in [1.29, 1.82) is 0 Å². The van der Waals surface area contributed by atoms with Gasteiger partial charge in [0, 0.05) is 37.3 Å². The van der Waals surface area contributed by atoms with Gasteiger partial charge in [0.05, 0.1) is 18.7 Å². The molecule has 1 aromatic heterocycles. The van der Waals surface area contributed by atoms with E-state index in [0.717, 1.165) is 56.6 Å². The summed E-state index contributed by atoms with van der Waals surface area (Å²) in [5.74, 6) is 1.92. The fraction of sp³-hybridized carbons (Fsp3) is 0.619. The topological polar surface area (TPSA) is 41.5 Å². The Hall–Kier alpha value is -1.88. The van der Waals surface area contributed by atoms with Gasteiger partial charge in [-0.1, -0.05) is 19.8 Å². The molecule has 0 radical (unpaired) electrons. The van der Waals surface area contributed by atoms with Crippen LogP contribution in [0.2, 0.25) is 0 Å². The van der Waals surface area contributed by atoms with Gasteiger partial charge in [0.25, 0.3) is 0 Å². The lowest BCUT2D eigenvalue weighted by Gasteiger charge is -2.34. The number of unbranched alkanes of at least 4 members (excludes halogenated alkanes) is 1. The molecule has 5 nitrogen and oxygen atoms in total. The number of hydrogen-bond donors (Lipinski definition) is 0. The van der Waals surface area contributed by atoms with Gasteiger partial charge in [0.15, 0.2) is 0 Å². The minimum absolute atomic E-state index is 0.806. The first-order valence-corrected chi connectivity index (χ1v) is 10.2. The molecule has 0 amide bonds. The number of aromatic nitrogens is 2. The van der Waals surface area contributed by atoms with E-state index in [9.17, 15) is 0 Å². The molecule has 0 bridgehead atoms. The van der Waals surface area contributed by atoms with Crippen molar-refractivity contribution in [3.05, 3.63) is 24.5 Å². The normalized spacial score (nSPS) is 21.3. The van der Waals surface area contributed by atoms with Crippen molar-refractivity contribution >= 4 is 22.4 Å². The van der Waals surface area contributed by atoms with Gasteiger partial charge in [0.1, 0.15) is 12.1 Å². The summed E-state index contributed by atoms with van der Waals surface area (Å²) in [6.07, 6.45) is 8.34. The molecule has 0 aliphatic carbocycles. The van der Waals surface area contributed by atoms with Gasteiger partial charge >= 0.3 is 0 Å². The Balaban J connectivity index is 1.57. The van der Waals surface area contributed by atoms with E-state index in [4.69, 9.17) is 4.74 Å². The minimum atomic E-state index is 0.806. The smallest absolute Gasteiger partial charge is 0.139 e. The Morgan fingerprint density at radius 2 is 2.00 bits per heavy atom. The quantitative estimate of drug-likeness (QED) is 0.815. The Morgan fingerprint density at radius 1 is 1.12 bits per heavy atom. The highest BCUT2D eigenvalue weighted by Gasteiger charge is 2.22. The first kappa shape index (κ1) is 17.5. The third-order valence-electron chi connectivity index (χ3n) is 5.76. The number of benzene rings is 1. The van der Waals surface area contributed by atoms with Crippen LogP contribution in [-0.2, 0) is 4.74 Å². The van der Waals surface area contributed by atoms with Crippen molar-refractivity contribution < 1.29 is 4.74 Å². The van der Waals surface area contributed by atoms with Gasteiger partial charge in [0.2, 0.25) is 0 Å². The van der Waals surface area contributed by atoms with Crippen molar-refractivity contribution in [2.75, 3.05) is 49.2 Å². The Kier molecular flexibility index (Phi) is 5.54. The van der Waals surface area contributed by atoms with Crippen LogP contribution in [-0.4, -0.2) is 49.4 Å². The number of anilines is 2. The number of morpholine rings is 1. The number of rotatable bonds is 5. The standard InChI is InChI=1S/C21H30N4O/c1-2-3-5-17-6-4-9-25(15-17)21-19-8-7-18(14-20(19)22-16-23-21)24-10-12-26-13-11-24/h7-8,14,16-17H,2-6,9-13,15H2,1H3. The molecule has 2 aliphatic heterocycles. The molecular weight excluding hydrogens is 324 g/mol. The average Bonchev–Trinajstić information content (AvgIpc) is 2.72. The van der Waals surface area contributed by atoms with Crippen LogP contribution >= 0.6 is 0 Å². The number of ether oxygens (including phenoxy) is 1. The van der Waals surface area contributed by atoms with E-state index < -0.39 is 0 Å². The molecule has 2 aromatic rings. The second-order valence-corrected chi connectivity index (χ2v) is 7.59. The Bertz CT molecular complexity index is 729. The van der Waals surface area contributed by atoms with E-state index in [2.05, 4.69) is 44.9 Å². The molecular formula is C21H30N4O. The monoisotopic (exact) mass is 354 g/mol. The van der Waals surface area contributed by atoms with Crippen LogP contribution in [0.25, 0.3) is 10.9 Å². The van der Waals surface area contributed by atoms with Crippen molar-refractivity contribution in [3.8, 4) is 0 Å². The Labute approximate surface area is 156 Å². The molecule has 2 aliphatic rings. The molecule has 3 heterocycles. The van der Waals surface area contributed by atoms with Crippen LogP contribution in [0.4, 0.5) is 11.5 Å². The molecule has 0 N–H and O–H groups in total. The first-order valence-electron chi connectivity index (χ1n) is 10.2. The van der Waals surface area contributed by atoms with E-state index >= 15 is 0 Å². The predicted octanol–water partition coefficient (Wildman–Crippen LogP) is 3.87. The third kappa shape index (κ3) is 3.78. The van der Waals surface area contributed by atoms with Gasteiger partial charge < -0.3 is 14.5 Å². The van der Waals surface area contributed by atoms with E-state index in [1.165, 1.54) is 43.2 Å². The molecule has 26 heavy (non-hydrogen) atoms. The zero-order valence-corrected chi connectivity index (χ0v) is 15.9. The van der Waals surface area contributed by atoms with Crippen LogP contribution in [0.5, 0.6) is 0 Å². The highest BCUT2D eigenvalue weighted by atomic mass is 16.5. The molecule has 140 valence electrons. The van der Waals surface area contributed by atoms with Crippen molar-refractivity contribution in [1.82, 2.24) is 9.97 Å². The van der Waals surface area contributed by atoms with Gasteiger partial charge in [-0.3, -0.25) is 0 Å². The SMILES string of the molecule is CCCCC1CCCN(c2ncnc3cc(N4CCOCC4)ccc23)C1. The molecule has 1 atom stereocenters. The fourth-order valence-electron chi connectivity index (χ4n) is 4.29. The van der Waals surface area contributed by atoms with E-state index in [1.807, 2.05) is 0 Å². The molecule has 2 saturated heterocycles. The summed E-state index contributed by atoms with van der Waals surface area (Å²) < 4.78 is 5.47. The van der Waals surface area contributed by atoms with Crippen molar-refractivity contribution in [2.45, 2.75) is 39.0 Å². The first-order chi connectivity index (χ1) is 12.8. The number of piperidine rings is 1. The third-order valence-corrected chi connectivity index (χ3v) is 5.76. The zero-order chi connectivity index (χ0) is 17.8. The number of nitrogens with zero attached hydrogens (tertiary/aromatic N) is 4. The molecule has 0 spiro atoms. The predicted molar refractivity (Wildman–Crippen MR) is 107 cm³/mol. The summed E-state index contributed by atoms with van der Waals surface area (Å²) in [4.78, 5) is 14.1. The maximum absolute atomic E-state index is 5.47. The van der Waals surface area contributed by atoms with E-state index in [-0.39, 0.29) is 0 Å². The van der Waals surface area contributed by atoms with Gasteiger partial charge in [-0.25, -0.2) is 9.97 Å². The highest BCUT2D eigenvalue weighted by molar-refractivity contribution is 5.91. The van der Waals surface area contributed by atoms with Crippen LogP contribution in [0.3, 0.4) is 0 Å². The van der Waals surface area contributed by atoms with Crippen LogP contribution in [0.15, 0.2) is 24.5 Å². The van der Waals surface area contributed by atoms with Crippen molar-refractivity contribution in [2.24, 2.45) is 5.92 Å². The van der Waals surface area contributed by atoms with Gasteiger partial charge in [-0.15, -0.1) is 0 Å². The van der Waals surface area contributed by atoms with Crippen LogP contribution in [0, 0.1) is 5.92 Å². The molecule has 5 heteroatoms. The second-order valence-electron chi connectivity index (χ2n) is 7.59. The lowest BCUT2D eigenvalue weighted by molar-refractivity contribution is 0.122. The summed E-state index contributed by atoms with van der Waals surface area (Å²) in [6.45, 7) is 8.05. The highest BCUT2D eigenvalue weighted by Crippen LogP contribution is 2.31. The van der Waals surface area contributed by atoms with Crippen LogP contribution < -0.4 is 9.80 Å². The summed E-state index contributed by atoms with van der Waals surface area (Å²) in [5, 5.41) is 1.18. The molecule has 1 aromatic carbocycles. The Morgan fingerprint density at radius 3 is 2.85 bits per heavy atom. The maximum Gasteiger partial charge on any atom is 0.139 e. The van der Waals surface area contributed by atoms with Gasteiger partial charge in [-0.2, -0.15) is 0 Å². The molecule has 2 fully saturated rings. The average molecular weight is 354 g/mol. The summed E-state index contributed by atoms with van der Waals surface area (Å²) in [6, 6.07) is 6.65. The van der Waals surface area contributed by atoms with Crippen LogP contribution in [0.1, 0.15) is 39.0 Å². The molecule has 0 saturated carbocycles. The minimum Gasteiger partial charge on any atom is -0.378 e. The summed E-state index contributed by atoms with van der Waals surface area (Å²) in [7, 11) is 0. The lowest BCUT2D eigenvalue weighted by atomic mass is 9.92. The van der Waals surface area contributed by atoms with E-state index in [1.54, 1.807) is 6.33 Å². The zero-order valence-electron chi connectivity index (χ0n) is 15.9. The van der Waals surface area contributed by atoms with E-state index in [0.29, 0.717) is 0 Å². The van der Waals surface area contributed by atoms with Gasteiger partial charge in [-0.05, 0) is 43.4 Å². The number of fused-ring (bicyclic) bond motifs is 1. The summed E-state index contributed by atoms with van der Waals surface area (Å²) >= 11 is 0. The largest absolute Gasteiger partial charge is 0.378 e. The second kappa shape index (κ2) is 8.21. The molecule has 4 rings (SSSR count). The van der Waals surface area contributed by atoms with Crippen molar-refractivity contribution in [3.63, 3.8) is 0 Å².